The summed E-state index contributed by atoms with van der Waals surface area (Å²) < 4.78 is 1.76. The first kappa shape index (κ1) is 16.3. The van der Waals surface area contributed by atoms with E-state index in [0.717, 1.165) is 40.1 Å². The molecule has 1 aliphatic carbocycles. The van der Waals surface area contributed by atoms with Gasteiger partial charge in [-0.2, -0.15) is 5.10 Å². The van der Waals surface area contributed by atoms with E-state index in [9.17, 15) is 4.79 Å². The van der Waals surface area contributed by atoms with E-state index in [1.165, 1.54) is 36.1 Å². The topological polar surface area (TPSA) is 59.8 Å². The molecule has 0 saturated carbocycles. The summed E-state index contributed by atoms with van der Waals surface area (Å²) in [6, 6.07) is 4.04. The molecule has 1 amide bonds. The van der Waals surface area contributed by atoms with Crippen LogP contribution in [0.15, 0.2) is 18.3 Å². The lowest BCUT2D eigenvalue weighted by Gasteiger charge is -2.07. The molecule has 1 aliphatic rings. The molecule has 3 aromatic heterocycles. The molecule has 25 heavy (non-hydrogen) atoms. The van der Waals surface area contributed by atoms with Crippen molar-refractivity contribution in [3.05, 3.63) is 39.3 Å². The van der Waals surface area contributed by atoms with E-state index in [0.29, 0.717) is 0 Å². The van der Waals surface area contributed by atoms with Crippen molar-refractivity contribution in [3.8, 4) is 0 Å². The van der Waals surface area contributed by atoms with E-state index in [2.05, 4.69) is 21.5 Å². The number of hydrogen-bond donors (Lipinski definition) is 1. The number of aromatic nitrogens is 3. The number of carbonyl (C=O) groups excluding carboxylic acids is 1. The van der Waals surface area contributed by atoms with Crippen LogP contribution in [0.3, 0.4) is 0 Å². The molecular weight excluding hydrogens is 332 g/mol. The molecule has 4 rings (SSSR count). The predicted octanol–water partition coefficient (Wildman–Crippen LogP) is 4.25. The third kappa shape index (κ3) is 3.18. The lowest BCUT2D eigenvalue weighted by molar-refractivity contribution is 0.103. The van der Waals surface area contributed by atoms with Gasteiger partial charge in [-0.05, 0) is 50.3 Å². The second kappa shape index (κ2) is 6.59. The van der Waals surface area contributed by atoms with Gasteiger partial charge < -0.3 is 5.32 Å². The van der Waals surface area contributed by atoms with Crippen molar-refractivity contribution in [3.63, 3.8) is 0 Å². The molecule has 5 nitrogen and oxygen atoms in total. The molecule has 0 aliphatic heterocycles. The SMILES string of the molecule is Cc1nn(C)c2ncc(NC(=O)c3cc4c(s3)CCCCCC4)cc12. The van der Waals surface area contributed by atoms with Gasteiger partial charge >= 0.3 is 0 Å². The van der Waals surface area contributed by atoms with E-state index in [4.69, 9.17) is 0 Å². The van der Waals surface area contributed by atoms with Crippen LogP contribution in [-0.4, -0.2) is 20.7 Å². The number of amides is 1. The normalized spacial score (nSPS) is 14.8. The van der Waals surface area contributed by atoms with Crippen molar-refractivity contribution < 1.29 is 4.79 Å². The number of anilines is 1. The van der Waals surface area contributed by atoms with E-state index >= 15 is 0 Å². The highest BCUT2D eigenvalue weighted by atomic mass is 32.1. The molecular formula is C19H22N4OS. The summed E-state index contributed by atoms with van der Waals surface area (Å²) >= 11 is 1.65. The van der Waals surface area contributed by atoms with Crippen molar-refractivity contribution in [1.29, 1.82) is 0 Å². The summed E-state index contributed by atoms with van der Waals surface area (Å²) in [5, 5.41) is 8.34. The maximum atomic E-state index is 12.7. The van der Waals surface area contributed by atoms with Gasteiger partial charge in [-0.1, -0.05) is 12.8 Å². The molecule has 0 saturated heterocycles. The van der Waals surface area contributed by atoms with Crippen LogP contribution < -0.4 is 5.32 Å². The van der Waals surface area contributed by atoms with Gasteiger partial charge in [-0.3, -0.25) is 9.48 Å². The highest BCUT2D eigenvalue weighted by Gasteiger charge is 2.17. The smallest absolute Gasteiger partial charge is 0.265 e. The lowest BCUT2D eigenvalue weighted by atomic mass is 10.00. The number of nitrogens with zero attached hydrogens (tertiary/aromatic N) is 3. The van der Waals surface area contributed by atoms with Crippen LogP contribution in [0.4, 0.5) is 5.69 Å². The third-order valence-electron chi connectivity index (χ3n) is 4.84. The number of thiophene rings is 1. The summed E-state index contributed by atoms with van der Waals surface area (Å²) in [4.78, 5) is 19.3. The van der Waals surface area contributed by atoms with Gasteiger partial charge in [0.15, 0.2) is 5.65 Å². The van der Waals surface area contributed by atoms with Gasteiger partial charge in [0.05, 0.1) is 22.5 Å². The fourth-order valence-electron chi connectivity index (χ4n) is 3.53. The molecule has 0 aromatic carbocycles. The number of pyridine rings is 1. The molecule has 0 bridgehead atoms. The van der Waals surface area contributed by atoms with Crippen LogP contribution in [-0.2, 0) is 19.9 Å². The first-order valence-electron chi connectivity index (χ1n) is 8.84. The minimum atomic E-state index is -0.0422. The zero-order valence-corrected chi connectivity index (χ0v) is 15.4. The van der Waals surface area contributed by atoms with Crippen LogP contribution in [0.1, 0.15) is 51.5 Å². The second-order valence-electron chi connectivity index (χ2n) is 6.73. The Morgan fingerprint density at radius 2 is 2.00 bits per heavy atom. The van der Waals surface area contributed by atoms with Crippen LogP contribution in [0.5, 0.6) is 0 Å². The molecule has 3 aromatic rings. The Labute approximate surface area is 151 Å². The van der Waals surface area contributed by atoms with E-state index in [1.54, 1.807) is 22.2 Å². The molecule has 130 valence electrons. The zero-order chi connectivity index (χ0) is 17.4. The van der Waals surface area contributed by atoms with Crippen LogP contribution in [0.2, 0.25) is 0 Å². The summed E-state index contributed by atoms with van der Waals surface area (Å²) in [6.45, 7) is 1.95. The van der Waals surface area contributed by atoms with E-state index in [-0.39, 0.29) is 5.91 Å². The average Bonchev–Trinajstić information content (AvgIpc) is 3.08. The lowest BCUT2D eigenvalue weighted by Crippen LogP contribution is -2.10. The molecule has 0 fully saturated rings. The molecule has 0 atom stereocenters. The zero-order valence-electron chi connectivity index (χ0n) is 14.6. The molecule has 1 N–H and O–H groups in total. The van der Waals surface area contributed by atoms with Gasteiger partial charge in [-0.15, -0.1) is 11.3 Å². The standard InChI is InChI=1S/C19H22N4OS/c1-12-15-10-14(11-20-18(15)23(2)22-12)21-19(24)17-9-13-7-5-3-4-6-8-16(13)25-17/h9-11H,3-8H2,1-2H3,(H,21,24). The molecule has 0 radical (unpaired) electrons. The van der Waals surface area contributed by atoms with Gasteiger partial charge in [0.1, 0.15) is 0 Å². The minimum absolute atomic E-state index is 0.0422. The van der Waals surface area contributed by atoms with Crippen LogP contribution in [0.25, 0.3) is 11.0 Å². The minimum Gasteiger partial charge on any atom is -0.320 e. The Bertz CT molecular complexity index is 915. The number of hydrogen-bond acceptors (Lipinski definition) is 4. The number of fused-ring (bicyclic) bond motifs is 2. The summed E-state index contributed by atoms with van der Waals surface area (Å²) in [5.74, 6) is -0.0422. The predicted molar refractivity (Wildman–Crippen MR) is 101 cm³/mol. The average molecular weight is 354 g/mol. The highest BCUT2D eigenvalue weighted by Crippen LogP contribution is 2.29. The van der Waals surface area contributed by atoms with Gasteiger partial charge in [0.25, 0.3) is 5.91 Å². The van der Waals surface area contributed by atoms with Gasteiger partial charge in [-0.25, -0.2) is 4.98 Å². The summed E-state index contributed by atoms with van der Waals surface area (Å²) in [7, 11) is 1.88. The maximum Gasteiger partial charge on any atom is 0.265 e. The fraction of sp³-hybridized carbons (Fsp3) is 0.421. The second-order valence-corrected chi connectivity index (χ2v) is 7.87. The number of rotatable bonds is 2. The maximum absolute atomic E-state index is 12.7. The molecule has 0 spiro atoms. The molecule has 0 unspecified atom stereocenters. The quantitative estimate of drug-likeness (QED) is 0.748. The first-order valence-corrected chi connectivity index (χ1v) is 9.66. The Balaban J connectivity index is 1.57. The molecule has 6 heteroatoms. The van der Waals surface area contributed by atoms with Gasteiger partial charge in [0, 0.05) is 17.3 Å². The van der Waals surface area contributed by atoms with Crippen LogP contribution in [0, 0.1) is 6.92 Å². The van der Waals surface area contributed by atoms with E-state index < -0.39 is 0 Å². The summed E-state index contributed by atoms with van der Waals surface area (Å²) in [5.41, 5.74) is 3.83. The number of aryl methyl sites for hydroxylation is 4. The summed E-state index contributed by atoms with van der Waals surface area (Å²) in [6.07, 6.45) is 8.96. The first-order chi connectivity index (χ1) is 12.1. The third-order valence-corrected chi connectivity index (χ3v) is 6.08. The van der Waals surface area contributed by atoms with Crippen molar-refractivity contribution in [2.45, 2.75) is 45.4 Å². The van der Waals surface area contributed by atoms with Gasteiger partial charge in [0.2, 0.25) is 0 Å². The number of nitrogens with one attached hydrogen (secondary N) is 1. The fourth-order valence-corrected chi connectivity index (χ4v) is 4.67. The largest absolute Gasteiger partial charge is 0.320 e. The Kier molecular flexibility index (Phi) is 4.29. The Hall–Kier alpha value is -2.21. The Morgan fingerprint density at radius 1 is 1.20 bits per heavy atom. The van der Waals surface area contributed by atoms with Crippen LogP contribution >= 0.6 is 11.3 Å². The van der Waals surface area contributed by atoms with E-state index in [1.807, 2.05) is 20.0 Å². The van der Waals surface area contributed by atoms with Crippen molar-refractivity contribution in [2.75, 3.05) is 5.32 Å². The highest BCUT2D eigenvalue weighted by molar-refractivity contribution is 7.14. The monoisotopic (exact) mass is 354 g/mol. The Morgan fingerprint density at radius 3 is 2.84 bits per heavy atom. The van der Waals surface area contributed by atoms with Crippen molar-refractivity contribution >= 4 is 34.0 Å². The number of carbonyl (C=O) groups is 1. The molecule has 3 heterocycles. The van der Waals surface area contributed by atoms with Crippen molar-refractivity contribution in [2.24, 2.45) is 7.05 Å². The van der Waals surface area contributed by atoms with Crippen molar-refractivity contribution in [1.82, 2.24) is 14.8 Å².